The van der Waals surface area contributed by atoms with Crippen LogP contribution in [0.2, 0.25) is 0 Å². The van der Waals surface area contributed by atoms with Gasteiger partial charge in [-0.25, -0.2) is 5.26 Å². The molecule has 4 aromatic carbocycles. The standard InChI is InChI=1S/C17H11F2NO4.C17H13F2NO2.C2H3N.CHN.CH3.2ClH.Pd/c1-23-14-7-4-11(8-12(14)9-20)16(22)15(21)10-2-5-13(6-3-10)24-17(18)19;1-20-15-11-13(7-10-16(15)21-2)4-3-12-5-8-14(9-6-12)22-17(18)19;1-2-3;1-2;;;;/h2-8,17H,1H3;5-11,17H,1H2,2H3;1H3;1H;1H3;2*1H;/q;;;;-1;;;+2/p-2. The number of rotatable bonds is 10. The summed E-state index contributed by atoms with van der Waals surface area (Å²) in [6.45, 7) is 2.60. The third-order valence-electron chi connectivity index (χ3n) is 5.91. The van der Waals surface area contributed by atoms with Crippen molar-refractivity contribution in [3.8, 4) is 53.5 Å². The number of carbonyl (C=O) groups is 2. The molecule has 4 aromatic rings. The van der Waals surface area contributed by atoms with Crippen LogP contribution in [0.5, 0.6) is 23.0 Å². The molecule has 0 aromatic heterocycles. The fourth-order valence-corrected chi connectivity index (χ4v) is 3.74. The number of ketones is 2. The van der Waals surface area contributed by atoms with Gasteiger partial charge in [-0.1, -0.05) is 11.8 Å². The second-order valence-corrected chi connectivity index (χ2v) is 11.4. The van der Waals surface area contributed by atoms with Gasteiger partial charge >= 0.3 is 48.2 Å². The zero-order chi connectivity index (χ0) is 41.1. The SMILES string of the molecule is C#N.C=Nc1cc(C#Cc2ccc(OC(F)F)cc2)ccc1OC.CC#N.COc1ccc(C(=O)C(=O)c2ccc(OC(F)F)cc2)cc1C#N.[CH3-].[Cl][Pd][Cl]. The van der Waals surface area contributed by atoms with Crippen molar-refractivity contribution in [1.82, 2.24) is 0 Å². The van der Waals surface area contributed by atoms with Crippen molar-refractivity contribution in [3.05, 3.63) is 120 Å². The van der Waals surface area contributed by atoms with E-state index in [1.165, 1.54) is 68.6 Å². The molecule has 0 bridgehead atoms. The Balaban J connectivity index is 0. The van der Waals surface area contributed by atoms with Crippen LogP contribution in [0.15, 0.2) is 89.9 Å². The first kappa shape index (κ1) is 51.2. The van der Waals surface area contributed by atoms with E-state index in [0.29, 0.717) is 17.0 Å². The predicted molar refractivity (Wildman–Crippen MR) is 197 cm³/mol. The Morgan fingerprint density at radius 1 is 0.745 bits per heavy atom. The van der Waals surface area contributed by atoms with Crippen LogP contribution in [0, 0.1) is 53.8 Å². The van der Waals surface area contributed by atoms with Crippen LogP contribution in [-0.2, 0) is 15.9 Å². The molecule has 0 spiro atoms. The van der Waals surface area contributed by atoms with E-state index in [1.807, 2.05) is 6.07 Å². The van der Waals surface area contributed by atoms with Crippen molar-refractivity contribution in [2.75, 3.05) is 14.2 Å². The van der Waals surface area contributed by atoms with E-state index in [9.17, 15) is 27.2 Å². The number of Topliss-reactive ketones (excluding diaryl/α,β-unsaturated/α-hetero) is 2. The average molecular weight is 893 g/mol. The van der Waals surface area contributed by atoms with E-state index >= 15 is 0 Å². The van der Waals surface area contributed by atoms with Crippen LogP contribution in [0.1, 0.15) is 44.3 Å². The summed E-state index contributed by atoms with van der Waals surface area (Å²) >= 11 is -0.106. The molecule has 0 N–H and O–H groups in total. The third kappa shape index (κ3) is 19.1. The number of nitriles is 3. The van der Waals surface area contributed by atoms with E-state index < -0.39 is 24.8 Å². The predicted octanol–water partition coefficient (Wildman–Crippen LogP) is 9.76. The quantitative estimate of drug-likeness (QED) is 0.0288. The number of nitrogens with zero attached hydrogens (tertiary/aromatic N) is 4. The first-order valence-corrected chi connectivity index (χ1v) is 18.2. The molecule has 0 aliphatic heterocycles. The second-order valence-electron chi connectivity index (χ2n) is 9.05. The number of hydrogen-bond acceptors (Lipinski definition) is 10. The van der Waals surface area contributed by atoms with E-state index in [2.05, 4.69) is 39.6 Å². The van der Waals surface area contributed by atoms with Gasteiger partial charge in [0, 0.05) is 35.7 Å². The molecule has 0 unspecified atom stereocenters. The molecule has 17 heteroatoms. The minimum atomic E-state index is -2.98. The van der Waals surface area contributed by atoms with Gasteiger partial charge in [0.05, 0.1) is 25.9 Å². The third-order valence-corrected chi connectivity index (χ3v) is 5.91. The number of methoxy groups -OCH3 is 2. The fourth-order valence-electron chi connectivity index (χ4n) is 3.74. The Labute approximate surface area is 332 Å². The zero-order valence-electron chi connectivity index (χ0n) is 29.3. The molecule has 0 saturated heterocycles. The maximum absolute atomic E-state index is 12.2. The van der Waals surface area contributed by atoms with Crippen molar-refractivity contribution < 1.29 is 62.0 Å². The summed E-state index contributed by atoms with van der Waals surface area (Å²) in [7, 11) is 12.6. The van der Waals surface area contributed by atoms with Crippen molar-refractivity contribution in [2.45, 2.75) is 20.1 Å². The number of halogens is 6. The topological polar surface area (TPSA) is 155 Å². The van der Waals surface area contributed by atoms with Crippen LogP contribution < -0.4 is 18.9 Å². The van der Waals surface area contributed by atoms with E-state index in [-0.39, 0.29) is 57.3 Å². The van der Waals surface area contributed by atoms with Crippen LogP contribution in [0.25, 0.3) is 0 Å². The van der Waals surface area contributed by atoms with Crippen molar-refractivity contribution in [1.29, 1.82) is 15.8 Å². The molecule has 0 aliphatic rings. The maximum atomic E-state index is 12.2. The van der Waals surface area contributed by atoms with E-state index in [4.69, 9.17) is 44.3 Å². The molecule has 4 rings (SSSR count). The summed E-state index contributed by atoms with van der Waals surface area (Å²) < 4.78 is 66.8. The molecule has 0 radical (unpaired) electrons. The number of aliphatic imine (C=N–C) groups is 1. The monoisotopic (exact) mass is 891 g/mol. The Bertz CT molecular complexity index is 1980. The van der Waals surface area contributed by atoms with Gasteiger partial charge in [0.25, 0.3) is 0 Å². The molecule has 10 nitrogen and oxygen atoms in total. The molecule has 0 aliphatic carbocycles. The first-order valence-electron chi connectivity index (χ1n) is 14.2. The summed E-state index contributed by atoms with van der Waals surface area (Å²) in [6, 6.07) is 23.9. The number of alkyl halides is 4. The molecule has 55 heavy (non-hydrogen) atoms. The molecular weight excluding hydrogens is 862 g/mol. The number of carbonyl (C=O) groups excluding carboxylic acids is 2. The Morgan fingerprint density at radius 2 is 1.15 bits per heavy atom. The molecule has 0 atom stereocenters. The summed E-state index contributed by atoms with van der Waals surface area (Å²) in [5, 5.41) is 22.8. The summed E-state index contributed by atoms with van der Waals surface area (Å²) in [6.07, 6.45) is 0. The number of ether oxygens (including phenoxy) is 4. The van der Waals surface area contributed by atoms with Gasteiger partial charge in [0.2, 0.25) is 11.6 Å². The summed E-state index contributed by atoms with van der Waals surface area (Å²) in [4.78, 5) is 28.3. The second kappa shape index (κ2) is 29.5. The molecule has 0 fully saturated rings. The normalized spacial score (nSPS) is 8.93. The van der Waals surface area contributed by atoms with Crippen LogP contribution in [0.4, 0.5) is 23.2 Å². The molecule has 0 amide bonds. The Kier molecular flexibility index (Phi) is 27.5. The molecule has 0 saturated carbocycles. The van der Waals surface area contributed by atoms with Crippen LogP contribution in [0.3, 0.4) is 0 Å². The van der Waals surface area contributed by atoms with Gasteiger partial charge in [-0.3, -0.25) is 14.6 Å². The molecule has 292 valence electrons. The molecule has 0 heterocycles. The van der Waals surface area contributed by atoms with Crippen LogP contribution in [-0.4, -0.2) is 45.7 Å². The van der Waals surface area contributed by atoms with Gasteiger partial charge in [0.1, 0.15) is 34.8 Å². The van der Waals surface area contributed by atoms with Gasteiger partial charge in [-0.05, 0) is 91.6 Å². The molecular formula is C38H31Cl2F4N4O6Pd-. The van der Waals surface area contributed by atoms with Crippen molar-refractivity contribution in [3.63, 3.8) is 0 Å². The number of hydrogen-bond donors (Lipinski definition) is 0. The Morgan fingerprint density at radius 3 is 1.58 bits per heavy atom. The first-order chi connectivity index (χ1) is 25.9. The van der Waals surface area contributed by atoms with Gasteiger partial charge in [0.15, 0.2) is 0 Å². The fraction of sp³-hybridized carbons (Fsp3) is 0.132. The van der Waals surface area contributed by atoms with Crippen LogP contribution >= 0.6 is 19.1 Å². The van der Waals surface area contributed by atoms with Crippen molar-refractivity contribution in [2.24, 2.45) is 4.99 Å². The average Bonchev–Trinajstić information content (AvgIpc) is 3.18. The van der Waals surface area contributed by atoms with Crippen molar-refractivity contribution >= 4 is 43.0 Å². The van der Waals surface area contributed by atoms with Gasteiger partial charge < -0.3 is 26.4 Å². The zero-order valence-corrected chi connectivity index (χ0v) is 32.4. The Hall–Kier alpha value is -5.92. The van der Waals surface area contributed by atoms with Gasteiger partial charge in [-0.2, -0.15) is 28.1 Å². The summed E-state index contributed by atoms with van der Waals surface area (Å²) in [5.74, 6) is 5.14. The van der Waals surface area contributed by atoms with E-state index in [0.717, 1.165) is 5.56 Å². The number of benzene rings is 4. The summed E-state index contributed by atoms with van der Waals surface area (Å²) in [5.41, 5.74) is 2.22. The van der Waals surface area contributed by atoms with Gasteiger partial charge in [-0.15, -0.1) is 0 Å². The minimum absolute atomic E-state index is 0. The van der Waals surface area contributed by atoms with E-state index in [1.54, 1.807) is 43.5 Å².